The van der Waals surface area contributed by atoms with Gasteiger partial charge in [-0.2, -0.15) is 22.0 Å². The molecular formula is C40H25ClF12O. The number of aryl methyl sites for hydroxylation is 1. The third kappa shape index (κ3) is 8.78. The Hall–Kier alpha value is -5.17. The molecule has 0 aliphatic rings. The fraction of sp³-hybridized carbons (Fsp3) is 0.150. The molecule has 0 N–H and O–H groups in total. The Morgan fingerprint density at radius 3 is 1.61 bits per heavy atom. The molecule has 1 nitrogen and oxygen atoms in total. The lowest BCUT2D eigenvalue weighted by Gasteiger charge is -2.21. The van der Waals surface area contributed by atoms with Gasteiger partial charge in [-0.05, 0) is 103 Å². The van der Waals surface area contributed by atoms with Crippen molar-refractivity contribution >= 4 is 11.6 Å². The first-order chi connectivity index (χ1) is 25.4. The number of allylic oxidation sites excluding steroid dienone is 3. The summed E-state index contributed by atoms with van der Waals surface area (Å²) in [5.41, 5.74) is -6.40. The van der Waals surface area contributed by atoms with Gasteiger partial charge >= 0.3 is 12.3 Å². The van der Waals surface area contributed by atoms with Crippen LogP contribution in [0.1, 0.15) is 36.0 Å². The average molecular weight is 785 g/mol. The number of hydrogen-bond donors (Lipinski definition) is 0. The smallest absolute Gasteiger partial charge is 0.429 e. The molecule has 5 aromatic carbocycles. The Labute approximate surface area is 305 Å². The molecule has 0 amide bonds. The van der Waals surface area contributed by atoms with Crippen molar-refractivity contribution < 1.29 is 57.4 Å². The van der Waals surface area contributed by atoms with Crippen LogP contribution in [0.3, 0.4) is 0 Å². The minimum Gasteiger partial charge on any atom is -0.429 e. The molecule has 0 heterocycles. The van der Waals surface area contributed by atoms with E-state index in [4.69, 9.17) is 11.6 Å². The number of alkyl halides is 5. The van der Waals surface area contributed by atoms with E-state index in [0.29, 0.717) is 48.7 Å². The zero-order chi connectivity index (χ0) is 39.5. The largest absolute Gasteiger partial charge is 0.431 e. The van der Waals surface area contributed by atoms with E-state index in [9.17, 15) is 26.3 Å². The molecule has 5 aromatic rings. The van der Waals surface area contributed by atoms with E-state index in [1.54, 1.807) is 12.1 Å². The topological polar surface area (TPSA) is 9.23 Å². The first kappa shape index (κ1) is 40.0. The van der Waals surface area contributed by atoms with Gasteiger partial charge in [-0.15, -0.1) is 6.58 Å². The van der Waals surface area contributed by atoms with Crippen LogP contribution in [-0.4, -0.2) is 0 Å². The average Bonchev–Trinajstić information content (AvgIpc) is 3.04. The summed E-state index contributed by atoms with van der Waals surface area (Å²) >= 11 is 5.95. The van der Waals surface area contributed by atoms with Crippen molar-refractivity contribution in [2.75, 3.05) is 0 Å². The molecule has 0 aliphatic heterocycles. The van der Waals surface area contributed by atoms with E-state index in [1.165, 1.54) is 12.1 Å². The van der Waals surface area contributed by atoms with E-state index >= 15 is 26.3 Å². The zero-order valence-corrected chi connectivity index (χ0v) is 28.3. The number of benzene rings is 5. The minimum atomic E-state index is -5.40. The number of unbranched alkanes of at least 4 members (excludes halogenated alkanes) is 1. The first-order valence-electron chi connectivity index (χ1n) is 15.9. The van der Waals surface area contributed by atoms with Gasteiger partial charge in [0.05, 0.1) is 10.6 Å². The van der Waals surface area contributed by atoms with Crippen LogP contribution < -0.4 is 4.74 Å². The van der Waals surface area contributed by atoms with Gasteiger partial charge < -0.3 is 4.74 Å². The second-order valence-corrected chi connectivity index (χ2v) is 12.3. The lowest BCUT2D eigenvalue weighted by Crippen LogP contribution is -2.24. The van der Waals surface area contributed by atoms with Crippen LogP contribution in [-0.2, 0) is 18.7 Å². The predicted octanol–water partition coefficient (Wildman–Crippen LogP) is 13.9. The maximum atomic E-state index is 15.3. The highest BCUT2D eigenvalue weighted by Gasteiger charge is 2.41. The molecule has 0 spiro atoms. The molecule has 0 saturated heterocycles. The fourth-order valence-corrected chi connectivity index (χ4v) is 5.96. The minimum absolute atomic E-state index is 0.135. The van der Waals surface area contributed by atoms with Crippen molar-refractivity contribution in [3.05, 3.63) is 160 Å². The molecule has 282 valence electrons. The summed E-state index contributed by atoms with van der Waals surface area (Å²) in [6, 6.07) is 8.72. The van der Waals surface area contributed by atoms with Crippen LogP contribution in [0.2, 0.25) is 5.02 Å². The number of ether oxygens (including phenoxy) is 1. The summed E-state index contributed by atoms with van der Waals surface area (Å²) in [4.78, 5) is 0. The van der Waals surface area contributed by atoms with Crippen molar-refractivity contribution in [2.45, 2.75) is 38.0 Å². The molecule has 0 unspecified atom stereocenters. The third-order valence-electron chi connectivity index (χ3n) is 8.14. The van der Waals surface area contributed by atoms with E-state index in [1.807, 2.05) is 12.2 Å². The highest BCUT2D eigenvalue weighted by molar-refractivity contribution is 6.31. The second kappa shape index (κ2) is 16.1. The van der Waals surface area contributed by atoms with Crippen molar-refractivity contribution in [1.82, 2.24) is 0 Å². The van der Waals surface area contributed by atoms with Gasteiger partial charge in [0.2, 0.25) is 0 Å². The summed E-state index contributed by atoms with van der Waals surface area (Å²) < 4.78 is 178. The van der Waals surface area contributed by atoms with Crippen LogP contribution in [0, 0.1) is 40.7 Å². The molecule has 0 bridgehead atoms. The summed E-state index contributed by atoms with van der Waals surface area (Å²) in [6.45, 7) is 3.64. The predicted molar refractivity (Wildman–Crippen MR) is 180 cm³/mol. The van der Waals surface area contributed by atoms with Gasteiger partial charge in [0.25, 0.3) is 0 Å². The molecule has 0 fully saturated rings. The molecule has 14 heteroatoms. The monoisotopic (exact) mass is 784 g/mol. The zero-order valence-electron chi connectivity index (χ0n) is 27.5. The maximum Gasteiger partial charge on any atom is 0.431 e. The SMILES string of the molecule is C=CCCC=CCCc1ccc(-c2cc(F)c(-c3cc(F)c(C(F)(F)Oc4ccc(-c5cc(F)c(C(F)(F)F)c(F)c5)c(F)c4)c(Cl)c3)c(F)c2)c(F)c1. The normalized spacial score (nSPS) is 12.1. The number of hydrogen-bond acceptors (Lipinski definition) is 1. The van der Waals surface area contributed by atoms with E-state index < -0.39 is 97.2 Å². The second-order valence-electron chi connectivity index (χ2n) is 11.9. The molecule has 0 saturated carbocycles. The molecular weight excluding hydrogens is 760 g/mol. The van der Waals surface area contributed by atoms with Crippen LogP contribution in [0.4, 0.5) is 52.7 Å². The van der Waals surface area contributed by atoms with Gasteiger partial charge in [-0.25, -0.2) is 30.7 Å². The Balaban J connectivity index is 1.36. The van der Waals surface area contributed by atoms with Crippen molar-refractivity contribution in [3.63, 3.8) is 0 Å². The van der Waals surface area contributed by atoms with Gasteiger partial charge in [-0.1, -0.05) is 42.0 Å². The standard InChI is InChI=1S/C40H25ClF12O/c1-2-3-4-5-6-7-8-21-9-11-26(29(42)13-21)22-15-31(44)36(32(45)16-22)24-14-28(41)37(33(46)19-24)40(52,53)54-25-10-12-27(30(43)20-25)23-17-34(47)38(35(48)18-23)39(49,50)51/h2,5-6,9-20H,1,3-4,7-8H2. The van der Waals surface area contributed by atoms with E-state index in [2.05, 4.69) is 11.3 Å². The molecule has 54 heavy (non-hydrogen) atoms. The number of halogens is 13. The molecule has 0 aromatic heterocycles. The van der Waals surface area contributed by atoms with Crippen LogP contribution >= 0.6 is 11.6 Å². The van der Waals surface area contributed by atoms with E-state index in [0.717, 1.165) is 25.0 Å². The molecule has 5 rings (SSSR count). The summed E-state index contributed by atoms with van der Waals surface area (Å²) in [7, 11) is 0. The third-order valence-corrected chi connectivity index (χ3v) is 8.43. The summed E-state index contributed by atoms with van der Waals surface area (Å²) in [5, 5.41) is -1.07. The van der Waals surface area contributed by atoms with Crippen LogP contribution in [0.5, 0.6) is 5.75 Å². The van der Waals surface area contributed by atoms with E-state index in [-0.39, 0.29) is 23.3 Å². The Bertz CT molecular complexity index is 2170. The van der Waals surface area contributed by atoms with Gasteiger partial charge in [0.1, 0.15) is 57.6 Å². The van der Waals surface area contributed by atoms with Gasteiger partial charge in [-0.3, -0.25) is 0 Å². The number of rotatable bonds is 12. The summed E-state index contributed by atoms with van der Waals surface area (Å²) in [6.07, 6.45) is -1.56. The Morgan fingerprint density at radius 2 is 1.07 bits per heavy atom. The maximum absolute atomic E-state index is 15.3. The van der Waals surface area contributed by atoms with Crippen molar-refractivity contribution in [3.8, 4) is 39.1 Å². The fourth-order valence-electron chi connectivity index (χ4n) is 5.64. The highest BCUT2D eigenvalue weighted by Crippen LogP contribution is 2.42. The van der Waals surface area contributed by atoms with Crippen LogP contribution in [0.25, 0.3) is 33.4 Å². The van der Waals surface area contributed by atoms with Gasteiger partial charge in [0, 0.05) is 17.2 Å². The lowest BCUT2D eigenvalue weighted by atomic mass is 9.96. The molecule has 0 aliphatic carbocycles. The highest BCUT2D eigenvalue weighted by atomic mass is 35.5. The van der Waals surface area contributed by atoms with Gasteiger partial charge in [0.15, 0.2) is 0 Å². The Morgan fingerprint density at radius 1 is 0.556 bits per heavy atom. The lowest BCUT2D eigenvalue weighted by molar-refractivity contribution is -0.187. The Kier molecular flexibility index (Phi) is 11.9. The summed E-state index contributed by atoms with van der Waals surface area (Å²) in [5.74, 6) is -11.7. The quantitative estimate of drug-likeness (QED) is 0.0695. The molecule has 0 radical (unpaired) electrons. The first-order valence-corrected chi connectivity index (χ1v) is 16.3. The van der Waals surface area contributed by atoms with Crippen molar-refractivity contribution in [2.24, 2.45) is 0 Å². The molecule has 0 atom stereocenters. The van der Waals surface area contributed by atoms with Crippen molar-refractivity contribution in [1.29, 1.82) is 0 Å². The van der Waals surface area contributed by atoms with Crippen LogP contribution in [0.15, 0.2) is 97.6 Å².